The van der Waals surface area contributed by atoms with Crippen molar-refractivity contribution >= 4 is 27.5 Å². The van der Waals surface area contributed by atoms with Gasteiger partial charge in [0, 0.05) is 18.7 Å². The molecule has 0 spiro atoms. The molecular formula is C14H15BrN4O2. The number of benzene rings is 1. The zero-order valence-corrected chi connectivity index (χ0v) is 13.0. The second-order valence-electron chi connectivity index (χ2n) is 4.48. The SMILES string of the molecule is Cc1ccc(C(=O)NCCNc2cn[nH]c(=O)c2Br)cc1. The first-order valence-corrected chi connectivity index (χ1v) is 7.19. The van der Waals surface area contributed by atoms with Gasteiger partial charge in [0.1, 0.15) is 4.47 Å². The number of carbonyl (C=O) groups excluding carboxylic acids is 1. The second kappa shape index (κ2) is 7.03. The molecule has 0 atom stereocenters. The Labute approximate surface area is 130 Å². The highest BCUT2D eigenvalue weighted by Gasteiger charge is 2.05. The molecule has 1 amide bonds. The van der Waals surface area contributed by atoms with Crippen LogP contribution < -0.4 is 16.2 Å². The van der Waals surface area contributed by atoms with E-state index in [9.17, 15) is 9.59 Å². The van der Waals surface area contributed by atoms with Crippen molar-refractivity contribution in [3.05, 3.63) is 56.4 Å². The molecule has 6 nitrogen and oxygen atoms in total. The molecule has 0 radical (unpaired) electrons. The van der Waals surface area contributed by atoms with E-state index in [0.29, 0.717) is 28.8 Å². The number of amides is 1. The van der Waals surface area contributed by atoms with E-state index >= 15 is 0 Å². The van der Waals surface area contributed by atoms with Gasteiger partial charge in [-0.15, -0.1) is 0 Å². The van der Waals surface area contributed by atoms with Crippen molar-refractivity contribution < 1.29 is 4.79 Å². The average Bonchev–Trinajstić information content (AvgIpc) is 2.48. The van der Waals surface area contributed by atoms with Crippen LogP contribution in [0.5, 0.6) is 0 Å². The van der Waals surface area contributed by atoms with Gasteiger partial charge in [0.25, 0.3) is 11.5 Å². The van der Waals surface area contributed by atoms with Gasteiger partial charge in [-0.3, -0.25) is 9.59 Å². The largest absolute Gasteiger partial charge is 0.381 e. The minimum atomic E-state index is -0.302. The highest BCUT2D eigenvalue weighted by atomic mass is 79.9. The first kappa shape index (κ1) is 15.2. The van der Waals surface area contributed by atoms with Gasteiger partial charge in [-0.25, -0.2) is 5.10 Å². The minimum absolute atomic E-state index is 0.125. The van der Waals surface area contributed by atoms with Crippen molar-refractivity contribution in [2.24, 2.45) is 0 Å². The Morgan fingerprint density at radius 3 is 2.71 bits per heavy atom. The van der Waals surface area contributed by atoms with Crippen molar-refractivity contribution in [3.8, 4) is 0 Å². The molecule has 3 N–H and O–H groups in total. The van der Waals surface area contributed by atoms with Crippen molar-refractivity contribution in [2.75, 3.05) is 18.4 Å². The first-order valence-electron chi connectivity index (χ1n) is 6.40. The molecule has 110 valence electrons. The Morgan fingerprint density at radius 1 is 1.29 bits per heavy atom. The molecule has 0 saturated carbocycles. The molecule has 7 heteroatoms. The lowest BCUT2D eigenvalue weighted by molar-refractivity contribution is 0.0955. The van der Waals surface area contributed by atoms with Gasteiger partial charge in [0.2, 0.25) is 0 Å². The average molecular weight is 351 g/mol. The maximum atomic E-state index is 11.9. The maximum absolute atomic E-state index is 11.9. The number of halogens is 1. The highest BCUT2D eigenvalue weighted by molar-refractivity contribution is 9.10. The Hall–Kier alpha value is -2.15. The third-order valence-corrected chi connectivity index (χ3v) is 3.62. The number of H-pyrrole nitrogens is 1. The van der Waals surface area contributed by atoms with E-state index in [1.165, 1.54) is 6.20 Å². The number of nitrogens with zero attached hydrogens (tertiary/aromatic N) is 1. The van der Waals surface area contributed by atoms with Crippen LogP contribution in [0, 0.1) is 6.92 Å². The third-order valence-electron chi connectivity index (χ3n) is 2.84. The Bertz CT molecular complexity index is 682. The summed E-state index contributed by atoms with van der Waals surface area (Å²) in [5, 5.41) is 11.8. The summed E-state index contributed by atoms with van der Waals surface area (Å²) in [7, 11) is 0. The molecule has 2 rings (SSSR count). The lowest BCUT2D eigenvalue weighted by Gasteiger charge is -2.08. The number of carbonyl (C=O) groups is 1. The van der Waals surface area contributed by atoms with Crippen LogP contribution in [0.4, 0.5) is 5.69 Å². The quantitative estimate of drug-likeness (QED) is 0.716. The summed E-state index contributed by atoms with van der Waals surface area (Å²) >= 11 is 3.17. The van der Waals surface area contributed by atoms with Crippen molar-refractivity contribution in [3.63, 3.8) is 0 Å². The molecule has 0 unspecified atom stereocenters. The Kier molecular flexibility index (Phi) is 5.10. The van der Waals surface area contributed by atoms with E-state index in [4.69, 9.17) is 0 Å². The molecule has 0 fully saturated rings. The summed E-state index contributed by atoms with van der Waals surface area (Å²) in [5.41, 5.74) is 2.02. The molecule has 0 saturated heterocycles. The number of hydrogen-bond acceptors (Lipinski definition) is 4. The van der Waals surface area contributed by atoms with E-state index in [0.717, 1.165) is 5.56 Å². The number of aryl methyl sites for hydroxylation is 1. The molecular weight excluding hydrogens is 336 g/mol. The highest BCUT2D eigenvalue weighted by Crippen LogP contribution is 2.14. The Balaban J connectivity index is 1.82. The van der Waals surface area contributed by atoms with Gasteiger partial charge in [-0.2, -0.15) is 5.10 Å². The van der Waals surface area contributed by atoms with Crippen molar-refractivity contribution in [1.29, 1.82) is 0 Å². The first-order chi connectivity index (χ1) is 10.1. The molecule has 21 heavy (non-hydrogen) atoms. The molecule has 2 aromatic rings. The number of aromatic amines is 1. The molecule has 1 heterocycles. The number of nitrogens with one attached hydrogen (secondary N) is 3. The topological polar surface area (TPSA) is 86.9 Å². The van der Waals surface area contributed by atoms with E-state index < -0.39 is 0 Å². The van der Waals surface area contributed by atoms with Gasteiger partial charge in [0.15, 0.2) is 0 Å². The van der Waals surface area contributed by atoms with Crippen LogP contribution in [0.2, 0.25) is 0 Å². The number of aromatic nitrogens is 2. The summed E-state index contributed by atoms with van der Waals surface area (Å²) < 4.78 is 0.391. The van der Waals surface area contributed by atoms with Crippen LogP contribution in [0.25, 0.3) is 0 Å². The zero-order chi connectivity index (χ0) is 15.2. The standard InChI is InChI=1S/C14H15BrN4O2/c1-9-2-4-10(5-3-9)13(20)17-7-6-16-11-8-18-19-14(21)12(11)15/h2-5,8H,6-7H2,1H3,(H,17,20)(H2,16,19,21). The van der Waals surface area contributed by atoms with E-state index in [2.05, 4.69) is 36.8 Å². The van der Waals surface area contributed by atoms with E-state index in [1.54, 1.807) is 12.1 Å². The molecule has 1 aromatic carbocycles. The summed E-state index contributed by atoms with van der Waals surface area (Å²) in [6.45, 7) is 2.90. The normalized spacial score (nSPS) is 10.2. The monoisotopic (exact) mass is 350 g/mol. The molecule has 0 bridgehead atoms. The van der Waals surface area contributed by atoms with Crippen LogP contribution in [-0.2, 0) is 0 Å². The van der Waals surface area contributed by atoms with E-state index in [1.807, 2.05) is 19.1 Å². The van der Waals surface area contributed by atoms with E-state index in [-0.39, 0.29) is 11.5 Å². The summed E-state index contributed by atoms with van der Waals surface area (Å²) in [5.74, 6) is -0.125. The summed E-state index contributed by atoms with van der Waals surface area (Å²) in [6, 6.07) is 7.36. The predicted octanol–water partition coefficient (Wildman–Crippen LogP) is 1.68. The predicted molar refractivity (Wildman–Crippen MR) is 84.6 cm³/mol. The summed E-state index contributed by atoms with van der Waals surface area (Å²) in [4.78, 5) is 23.2. The fourth-order valence-corrected chi connectivity index (χ4v) is 2.02. The van der Waals surface area contributed by atoms with Gasteiger partial charge in [0.05, 0.1) is 11.9 Å². The fraction of sp³-hybridized carbons (Fsp3) is 0.214. The van der Waals surface area contributed by atoms with Gasteiger partial charge < -0.3 is 10.6 Å². The van der Waals surface area contributed by atoms with Gasteiger partial charge >= 0.3 is 0 Å². The molecule has 0 aliphatic rings. The van der Waals surface area contributed by atoms with Crippen LogP contribution in [0.3, 0.4) is 0 Å². The number of anilines is 1. The molecule has 0 aliphatic carbocycles. The number of rotatable bonds is 5. The van der Waals surface area contributed by atoms with Gasteiger partial charge in [-0.05, 0) is 35.0 Å². The number of hydrogen-bond donors (Lipinski definition) is 3. The fourth-order valence-electron chi connectivity index (χ4n) is 1.69. The molecule has 0 aliphatic heterocycles. The third kappa shape index (κ3) is 4.16. The Morgan fingerprint density at radius 2 is 2.00 bits per heavy atom. The van der Waals surface area contributed by atoms with Crippen LogP contribution in [0.1, 0.15) is 15.9 Å². The summed E-state index contributed by atoms with van der Waals surface area (Å²) in [6.07, 6.45) is 1.51. The van der Waals surface area contributed by atoms with Crippen LogP contribution in [-0.4, -0.2) is 29.2 Å². The minimum Gasteiger partial charge on any atom is -0.381 e. The van der Waals surface area contributed by atoms with Crippen molar-refractivity contribution in [1.82, 2.24) is 15.5 Å². The van der Waals surface area contributed by atoms with Crippen molar-refractivity contribution in [2.45, 2.75) is 6.92 Å². The second-order valence-corrected chi connectivity index (χ2v) is 5.27. The lowest BCUT2D eigenvalue weighted by atomic mass is 10.1. The van der Waals surface area contributed by atoms with Gasteiger partial charge in [-0.1, -0.05) is 17.7 Å². The maximum Gasteiger partial charge on any atom is 0.280 e. The zero-order valence-electron chi connectivity index (χ0n) is 11.4. The lowest BCUT2D eigenvalue weighted by Crippen LogP contribution is -2.29. The van der Waals surface area contributed by atoms with Crippen LogP contribution in [0.15, 0.2) is 39.7 Å². The molecule has 1 aromatic heterocycles. The van der Waals surface area contributed by atoms with Crippen LogP contribution >= 0.6 is 15.9 Å². The smallest absolute Gasteiger partial charge is 0.280 e.